The molecule has 1 unspecified atom stereocenters. The second-order valence-electron chi connectivity index (χ2n) is 10.0. The molecule has 0 aliphatic carbocycles. The summed E-state index contributed by atoms with van der Waals surface area (Å²) in [5.41, 5.74) is -1.67. The Balaban J connectivity index is 1.55. The number of nitrogens with zero attached hydrogens (tertiary/aromatic N) is 1. The molecular formula is C29H23ClF5N3O4. The lowest BCUT2D eigenvalue weighted by Gasteiger charge is -2.24. The summed E-state index contributed by atoms with van der Waals surface area (Å²) in [4.78, 5) is 39.8. The second kappa shape index (κ2) is 11.2. The molecule has 13 heteroatoms. The summed E-state index contributed by atoms with van der Waals surface area (Å²) in [5.74, 6) is -3.62. The topological polar surface area (TPSA) is 87.7 Å². The first-order valence-corrected chi connectivity index (χ1v) is 13.2. The number of likely N-dealkylation sites (tertiary alicyclic amines) is 1. The molecule has 2 heterocycles. The Morgan fingerprint density at radius 3 is 2.57 bits per heavy atom. The molecule has 0 spiro atoms. The van der Waals surface area contributed by atoms with Crippen LogP contribution in [0.5, 0.6) is 5.75 Å². The fourth-order valence-electron chi connectivity index (χ4n) is 5.26. The monoisotopic (exact) mass is 607 g/mol. The van der Waals surface area contributed by atoms with Crippen LogP contribution in [0.15, 0.2) is 48.5 Å². The highest BCUT2D eigenvalue weighted by Gasteiger charge is 2.36. The predicted molar refractivity (Wildman–Crippen MR) is 142 cm³/mol. The van der Waals surface area contributed by atoms with E-state index in [1.165, 1.54) is 25.1 Å². The summed E-state index contributed by atoms with van der Waals surface area (Å²) in [6.45, 7) is 2.09. The van der Waals surface area contributed by atoms with Crippen LogP contribution >= 0.6 is 11.6 Å². The third-order valence-electron chi connectivity index (χ3n) is 7.19. The van der Waals surface area contributed by atoms with Gasteiger partial charge in [0.1, 0.15) is 24.0 Å². The van der Waals surface area contributed by atoms with Crippen LogP contribution in [0, 0.1) is 11.6 Å². The van der Waals surface area contributed by atoms with E-state index in [1.54, 1.807) is 4.90 Å². The van der Waals surface area contributed by atoms with Gasteiger partial charge < -0.3 is 20.3 Å². The molecule has 2 aliphatic rings. The Kier molecular flexibility index (Phi) is 7.84. The molecular weight excluding hydrogens is 585 g/mol. The SMILES string of the molecule is CC(=O)N1CCC[C@H]1COc1cc(NC(=O)c2cc(F)cc(C(F)(F)F)c2)c2c(c1)C(=O)NC2c1cc(F)ccc1Cl. The highest BCUT2D eigenvalue weighted by Crippen LogP contribution is 2.42. The number of carbonyl (C=O) groups is 3. The number of benzene rings is 3. The van der Waals surface area contributed by atoms with Gasteiger partial charge in [0.05, 0.1) is 28.9 Å². The number of hydrogen-bond donors (Lipinski definition) is 2. The number of alkyl halides is 3. The van der Waals surface area contributed by atoms with E-state index in [1.807, 2.05) is 0 Å². The zero-order valence-electron chi connectivity index (χ0n) is 21.9. The van der Waals surface area contributed by atoms with Gasteiger partial charge in [0.15, 0.2) is 0 Å². The van der Waals surface area contributed by atoms with Crippen molar-refractivity contribution >= 4 is 35.0 Å². The predicted octanol–water partition coefficient (Wildman–Crippen LogP) is 6.11. The Hall–Kier alpha value is -4.19. The van der Waals surface area contributed by atoms with Crippen LogP contribution in [0.2, 0.25) is 5.02 Å². The molecule has 0 bridgehead atoms. The first kappa shape index (κ1) is 29.3. The van der Waals surface area contributed by atoms with Crippen molar-refractivity contribution in [1.29, 1.82) is 0 Å². The summed E-state index contributed by atoms with van der Waals surface area (Å²) in [6, 6.07) is 6.43. The van der Waals surface area contributed by atoms with E-state index < -0.39 is 46.8 Å². The van der Waals surface area contributed by atoms with Crippen molar-refractivity contribution in [3.63, 3.8) is 0 Å². The van der Waals surface area contributed by atoms with Gasteiger partial charge in [0, 0.05) is 41.2 Å². The summed E-state index contributed by atoms with van der Waals surface area (Å²) in [6.07, 6.45) is -3.43. The third-order valence-corrected chi connectivity index (χ3v) is 7.54. The zero-order valence-corrected chi connectivity index (χ0v) is 22.7. The number of fused-ring (bicyclic) bond motifs is 1. The van der Waals surface area contributed by atoms with Crippen LogP contribution in [0.1, 0.15) is 63.2 Å². The van der Waals surface area contributed by atoms with Gasteiger partial charge in [-0.3, -0.25) is 14.4 Å². The second-order valence-corrected chi connectivity index (χ2v) is 10.4. The largest absolute Gasteiger partial charge is 0.491 e. The van der Waals surface area contributed by atoms with Gasteiger partial charge in [-0.2, -0.15) is 13.2 Å². The van der Waals surface area contributed by atoms with Gasteiger partial charge in [0.2, 0.25) is 5.91 Å². The number of nitrogens with one attached hydrogen (secondary N) is 2. The fourth-order valence-corrected chi connectivity index (χ4v) is 5.48. The van der Waals surface area contributed by atoms with E-state index in [4.69, 9.17) is 16.3 Å². The molecule has 1 fully saturated rings. The maximum Gasteiger partial charge on any atom is 0.416 e. The number of amides is 3. The Morgan fingerprint density at radius 2 is 1.86 bits per heavy atom. The summed E-state index contributed by atoms with van der Waals surface area (Å²) in [7, 11) is 0. The van der Waals surface area contributed by atoms with Gasteiger partial charge in [0.25, 0.3) is 11.8 Å². The Labute approximate surface area is 241 Å². The van der Waals surface area contributed by atoms with Crippen molar-refractivity contribution in [2.24, 2.45) is 0 Å². The molecule has 5 rings (SSSR count). The van der Waals surface area contributed by atoms with Crippen molar-refractivity contribution in [1.82, 2.24) is 10.2 Å². The van der Waals surface area contributed by atoms with Crippen molar-refractivity contribution < 1.29 is 41.1 Å². The lowest BCUT2D eigenvalue weighted by Crippen LogP contribution is -2.37. The minimum absolute atomic E-state index is 0.0400. The molecule has 1 saturated heterocycles. The van der Waals surface area contributed by atoms with Gasteiger partial charge in [-0.1, -0.05) is 11.6 Å². The maximum absolute atomic E-state index is 14.2. The van der Waals surface area contributed by atoms with Gasteiger partial charge in [-0.05, 0) is 55.3 Å². The summed E-state index contributed by atoms with van der Waals surface area (Å²) in [5, 5.41) is 5.26. The average Bonchev–Trinajstić information content (AvgIpc) is 3.53. The molecule has 3 amide bonds. The van der Waals surface area contributed by atoms with Crippen molar-refractivity contribution in [2.45, 2.75) is 38.0 Å². The number of carbonyl (C=O) groups excluding carboxylic acids is 3. The molecule has 220 valence electrons. The van der Waals surface area contributed by atoms with Crippen LogP contribution in [-0.2, 0) is 11.0 Å². The molecule has 3 aromatic carbocycles. The van der Waals surface area contributed by atoms with Crippen molar-refractivity contribution in [3.8, 4) is 5.75 Å². The molecule has 0 radical (unpaired) electrons. The molecule has 3 aromatic rings. The van der Waals surface area contributed by atoms with E-state index in [-0.39, 0.29) is 57.8 Å². The smallest absolute Gasteiger partial charge is 0.416 e. The van der Waals surface area contributed by atoms with Crippen molar-refractivity contribution in [3.05, 3.63) is 93.0 Å². The van der Waals surface area contributed by atoms with Crippen molar-refractivity contribution in [2.75, 3.05) is 18.5 Å². The molecule has 7 nitrogen and oxygen atoms in total. The number of rotatable bonds is 6. The fraction of sp³-hybridized carbons (Fsp3) is 0.276. The maximum atomic E-state index is 14.2. The Morgan fingerprint density at radius 1 is 1.10 bits per heavy atom. The lowest BCUT2D eigenvalue weighted by atomic mass is 9.95. The molecule has 2 N–H and O–H groups in total. The minimum Gasteiger partial charge on any atom is -0.491 e. The average molecular weight is 608 g/mol. The highest BCUT2D eigenvalue weighted by atomic mass is 35.5. The Bertz CT molecular complexity index is 1600. The molecule has 0 aromatic heterocycles. The lowest BCUT2D eigenvalue weighted by molar-refractivity contribution is -0.137. The number of hydrogen-bond acceptors (Lipinski definition) is 4. The molecule has 2 aliphatic heterocycles. The number of ether oxygens (including phenoxy) is 1. The van der Waals surface area contributed by atoms with Crippen LogP contribution in [-0.4, -0.2) is 41.8 Å². The molecule has 2 atom stereocenters. The van der Waals surface area contributed by atoms with E-state index in [0.29, 0.717) is 25.1 Å². The van der Waals surface area contributed by atoms with Crippen LogP contribution in [0.4, 0.5) is 27.6 Å². The molecule has 0 saturated carbocycles. The minimum atomic E-state index is -4.91. The quantitative estimate of drug-likeness (QED) is 0.331. The van der Waals surface area contributed by atoms with Crippen LogP contribution in [0.25, 0.3) is 0 Å². The van der Waals surface area contributed by atoms with Gasteiger partial charge in [-0.15, -0.1) is 0 Å². The number of anilines is 1. The summed E-state index contributed by atoms with van der Waals surface area (Å²) >= 11 is 6.30. The normalized spacial score (nSPS) is 18.1. The third kappa shape index (κ3) is 5.89. The van der Waals surface area contributed by atoms with E-state index in [0.717, 1.165) is 18.6 Å². The zero-order chi connectivity index (χ0) is 30.3. The van der Waals surface area contributed by atoms with Gasteiger partial charge in [-0.25, -0.2) is 8.78 Å². The van der Waals surface area contributed by atoms with E-state index in [9.17, 15) is 36.3 Å². The van der Waals surface area contributed by atoms with Crippen LogP contribution in [0.3, 0.4) is 0 Å². The van der Waals surface area contributed by atoms with Crippen LogP contribution < -0.4 is 15.4 Å². The summed E-state index contributed by atoms with van der Waals surface area (Å²) < 4.78 is 74.0. The first-order chi connectivity index (χ1) is 19.8. The van der Waals surface area contributed by atoms with E-state index in [2.05, 4.69) is 10.6 Å². The van der Waals surface area contributed by atoms with E-state index >= 15 is 0 Å². The highest BCUT2D eigenvalue weighted by molar-refractivity contribution is 6.31. The molecule has 42 heavy (non-hydrogen) atoms. The standard InChI is InChI=1S/C29H23ClF5N3O4/c1-14(39)38-6-2-3-19(38)13-42-20-11-22-25(26(37-28(22)41)21-10-17(31)4-5-23(21)30)24(12-20)36-27(40)15-7-16(29(33,34)35)9-18(32)8-15/h4-5,7-12,19,26H,2-3,6,13H2,1H3,(H,36,40)(H,37,41)/t19-,26?/m0/s1. The first-order valence-electron chi connectivity index (χ1n) is 12.8. The van der Waals surface area contributed by atoms with Gasteiger partial charge >= 0.3 is 6.18 Å². The number of halogens is 6.